The number of pyridine rings is 1. The SMILES string of the molecule is CCCNc1ccc([N+](=O)[O-])c(N(CC)CC2CCC2)n1. The minimum Gasteiger partial charge on any atom is -0.370 e. The molecule has 0 bridgehead atoms. The van der Waals surface area contributed by atoms with E-state index in [0.717, 1.165) is 26.1 Å². The molecule has 0 amide bonds. The zero-order valence-corrected chi connectivity index (χ0v) is 12.8. The van der Waals surface area contributed by atoms with Crippen LogP contribution in [0.4, 0.5) is 17.3 Å². The molecule has 1 aromatic heterocycles. The van der Waals surface area contributed by atoms with Crippen molar-refractivity contribution in [1.29, 1.82) is 0 Å². The van der Waals surface area contributed by atoms with Gasteiger partial charge in [0.1, 0.15) is 5.82 Å². The topological polar surface area (TPSA) is 71.3 Å². The smallest absolute Gasteiger partial charge is 0.311 e. The summed E-state index contributed by atoms with van der Waals surface area (Å²) >= 11 is 0. The van der Waals surface area contributed by atoms with E-state index < -0.39 is 0 Å². The lowest BCUT2D eigenvalue weighted by Crippen LogP contribution is -2.33. The van der Waals surface area contributed by atoms with Crippen LogP contribution in [-0.2, 0) is 0 Å². The summed E-state index contributed by atoms with van der Waals surface area (Å²) in [5.41, 5.74) is 0.0956. The van der Waals surface area contributed by atoms with Gasteiger partial charge >= 0.3 is 5.69 Å². The van der Waals surface area contributed by atoms with Crippen LogP contribution in [0.2, 0.25) is 0 Å². The Kier molecular flexibility index (Phi) is 5.36. The van der Waals surface area contributed by atoms with E-state index in [1.54, 1.807) is 12.1 Å². The predicted molar refractivity (Wildman–Crippen MR) is 84.9 cm³/mol. The quantitative estimate of drug-likeness (QED) is 0.587. The standard InChI is InChI=1S/C15H24N4O2/c1-3-10-16-14-9-8-13(19(20)21)15(17-14)18(4-2)11-12-6-5-7-12/h8-9,12H,3-7,10-11H2,1-2H3,(H,16,17). The molecule has 0 unspecified atom stereocenters. The molecule has 0 aliphatic heterocycles. The monoisotopic (exact) mass is 292 g/mol. The van der Waals surface area contributed by atoms with Crippen molar-refractivity contribution in [3.8, 4) is 0 Å². The van der Waals surface area contributed by atoms with Crippen LogP contribution in [0.25, 0.3) is 0 Å². The highest BCUT2D eigenvalue weighted by Crippen LogP contribution is 2.32. The van der Waals surface area contributed by atoms with Crippen molar-refractivity contribution in [3.05, 3.63) is 22.2 Å². The van der Waals surface area contributed by atoms with E-state index in [0.29, 0.717) is 17.6 Å². The van der Waals surface area contributed by atoms with E-state index in [9.17, 15) is 10.1 Å². The van der Waals surface area contributed by atoms with Crippen molar-refractivity contribution in [2.75, 3.05) is 29.9 Å². The normalized spacial score (nSPS) is 14.6. The first-order chi connectivity index (χ1) is 10.2. The van der Waals surface area contributed by atoms with Gasteiger partial charge in [-0.3, -0.25) is 10.1 Å². The van der Waals surface area contributed by atoms with Gasteiger partial charge < -0.3 is 10.2 Å². The van der Waals surface area contributed by atoms with Gasteiger partial charge in [-0.15, -0.1) is 0 Å². The Morgan fingerprint density at radius 3 is 2.71 bits per heavy atom. The molecule has 0 radical (unpaired) electrons. The molecular weight excluding hydrogens is 268 g/mol. The fourth-order valence-electron chi connectivity index (χ4n) is 2.52. The van der Waals surface area contributed by atoms with Crippen LogP contribution in [-0.4, -0.2) is 29.5 Å². The summed E-state index contributed by atoms with van der Waals surface area (Å²) in [6.45, 7) is 6.52. The number of nitro groups is 1. The fourth-order valence-corrected chi connectivity index (χ4v) is 2.52. The molecule has 1 saturated carbocycles. The van der Waals surface area contributed by atoms with Crippen molar-refractivity contribution in [2.45, 2.75) is 39.5 Å². The Morgan fingerprint density at radius 2 is 2.19 bits per heavy atom. The van der Waals surface area contributed by atoms with Crippen LogP contribution in [0.15, 0.2) is 12.1 Å². The Balaban J connectivity index is 2.24. The molecule has 0 aromatic carbocycles. The van der Waals surface area contributed by atoms with E-state index in [1.807, 2.05) is 11.8 Å². The number of anilines is 2. The number of nitrogens with zero attached hydrogens (tertiary/aromatic N) is 3. The molecule has 6 heteroatoms. The third-order valence-corrected chi connectivity index (χ3v) is 3.99. The molecule has 1 aliphatic carbocycles. The first kappa shape index (κ1) is 15.5. The number of hydrogen-bond donors (Lipinski definition) is 1. The van der Waals surface area contributed by atoms with Gasteiger partial charge in [-0.1, -0.05) is 13.3 Å². The van der Waals surface area contributed by atoms with Crippen LogP contribution >= 0.6 is 0 Å². The van der Waals surface area contributed by atoms with Crippen LogP contribution < -0.4 is 10.2 Å². The highest BCUT2D eigenvalue weighted by Gasteiger charge is 2.26. The second kappa shape index (κ2) is 7.24. The molecule has 1 aromatic rings. The Morgan fingerprint density at radius 1 is 1.43 bits per heavy atom. The van der Waals surface area contributed by atoms with Crippen LogP contribution in [0.5, 0.6) is 0 Å². The van der Waals surface area contributed by atoms with Gasteiger partial charge in [0.05, 0.1) is 4.92 Å². The van der Waals surface area contributed by atoms with Gasteiger partial charge in [-0.2, -0.15) is 0 Å². The summed E-state index contributed by atoms with van der Waals surface area (Å²) in [5.74, 6) is 1.86. The molecular formula is C15H24N4O2. The first-order valence-electron chi connectivity index (χ1n) is 7.80. The second-order valence-corrected chi connectivity index (χ2v) is 5.56. The summed E-state index contributed by atoms with van der Waals surface area (Å²) in [5, 5.41) is 14.5. The van der Waals surface area contributed by atoms with Crippen LogP contribution in [0.1, 0.15) is 39.5 Å². The Bertz CT molecular complexity index is 489. The zero-order valence-electron chi connectivity index (χ0n) is 12.8. The lowest BCUT2D eigenvalue weighted by Gasteiger charge is -2.32. The van der Waals surface area contributed by atoms with Crippen LogP contribution in [0.3, 0.4) is 0 Å². The number of nitrogens with one attached hydrogen (secondary N) is 1. The van der Waals surface area contributed by atoms with Crippen molar-refractivity contribution >= 4 is 17.3 Å². The zero-order chi connectivity index (χ0) is 15.2. The minimum absolute atomic E-state index is 0.0956. The molecule has 21 heavy (non-hydrogen) atoms. The molecule has 1 aliphatic rings. The maximum Gasteiger partial charge on any atom is 0.311 e. The van der Waals surface area contributed by atoms with Crippen molar-refractivity contribution in [2.24, 2.45) is 5.92 Å². The number of aromatic nitrogens is 1. The van der Waals surface area contributed by atoms with Crippen molar-refractivity contribution in [1.82, 2.24) is 4.98 Å². The minimum atomic E-state index is -0.338. The molecule has 0 spiro atoms. The van der Waals surface area contributed by atoms with E-state index in [2.05, 4.69) is 17.2 Å². The summed E-state index contributed by atoms with van der Waals surface area (Å²) < 4.78 is 0. The molecule has 1 fully saturated rings. The Labute approximate surface area is 125 Å². The van der Waals surface area contributed by atoms with E-state index in [4.69, 9.17) is 0 Å². The highest BCUT2D eigenvalue weighted by atomic mass is 16.6. The van der Waals surface area contributed by atoms with Gasteiger partial charge in [-0.05, 0) is 38.2 Å². The average Bonchev–Trinajstić information content (AvgIpc) is 2.44. The van der Waals surface area contributed by atoms with Crippen LogP contribution in [0, 0.1) is 16.0 Å². The highest BCUT2D eigenvalue weighted by molar-refractivity contribution is 5.61. The maximum atomic E-state index is 11.3. The molecule has 1 heterocycles. The van der Waals surface area contributed by atoms with E-state index >= 15 is 0 Å². The van der Waals surface area contributed by atoms with Gasteiger partial charge in [0.2, 0.25) is 5.82 Å². The van der Waals surface area contributed by atoms with Gasteiger partial charge in [-0.25, -0.2) is 4.98 Å². The van der Waals surface area contributed by atoms with Crippen molar-refractivity contribution in [3.63, 3.8) is 0 Å². The molecule has 2 rings (SSSR count). The molecule has 6 nitrogen and oxygen atoms in total. The van der Waals surface area contributed by atoms with E-state index in [1.165, 1.54) is 19.3 Å². The number of rotatable bonds is 8. The summed E-state index contributed by atoms with van der Waals surface area (Å²) in [7, 11) is 0. The predicted octanol–water partition coefficient (Wildman–Crippen LogP) is 3.44. The summed E-state index contributed by atoms with van der Waals surface area (Å²) in [6, 6.07) is 3.25. The van der Waals surface area contributed by atoms with Crippen molar-refractivity contribution < 1.29 is 4.92 Å². The third-order valence-electron chi connectivity index (χ3n) is 3.99. The lowest BCUT2D eigenvalue weighted by atomic mass is 9.85. The largest absolute Gasteiger partial charge is 0.370 e. The maximum absolute atomic E-state index is 11.3. The number of hydrogen-bond acceptors (Lipinski definition) is 5. The van der Waals surface area contributed by atoms with Gasteiger partial charge in [0.15, 0.2) is 0 Å². The molecule has 0 atom stereocenters. The van der Waals surface area contributed by atoms with Gasteiger partial charge in [0, 0.05) is 25.7 Å². The molecule has 116 valence electrons. The first-order valence-corrected chi connectivity index (χ1v) is 7.80. The summed E-state index contributed by atoms with van der Waals surface area (Å²) in [6.07, 6.45) is 4.71. The fraction of sp³-hybridized carbons (Fsp3) is 0.667. The van der Waals surface area contributed by atoms with Gasteiger partial charge in [0.25, 0.3) is 0 Å². The lowest BCUT2D eigenvalue weighted by molar-refractivity contribution is -0.384. The average molecular weight is 292 g/mol. The van der Waals surface area contributed by atoms with E-state index in [-0.39, 0.29) is 10.6 Å². The molecule has 1 N–H and O–H groups in total. The second-order valence-electron chi connectivity index (χ2n) is 5.56. The third kappa shape index (κ3) is 3.83. The Hall–Kier alpha value is -1.85. The molecule has 0 saturated heterocycles. The summed E-state index contributed by atoms with van der Waals surface area (Å²) in [4.78, 5) is 17.4.